The molecule has 1 aliphatic carbocycles. The summed E-state index contributed by atoms with van der Waals surface area (Å²) < 4.78 is 0. The van der Waals surface area contributed by atoms with Crippen LogP contribution in [0.25, 0.3) is 0 Å². The maximum atomic E-state index is 11.4. The second kappa shape index (κ2) is 5.15. The van der Waals surface area contributed by atoms with Crippen molar-refractivity contribution in [1.82, 2.24) is 5.32 Å². The van der Waals surface area contributed by atoms with Gasteiger partial charge in [-0.2, -0.15) is 0 Å². The summed E-state index contributed by atoms with van der Waals surface area (Å²) in [6.45, 7) is 5.17. The molecule has 0 heterocycles. The fourth-order valence-corrected chi connectivity index (χ4v) is 2.41. The first kappa shape index (κ1) is 12.0. The number of halogens is 1. The first-order valence-corrected chi connectivity index (χ1v) is 6.48. The fourth-order valence-electron chi connectivity index (χ4n) is 1.34. The van der Waals surface area contributed by atoms with Gasteiger partial charge in [0.05, 0.1) is 0 Å². The van der Waals surface area contributed by atoms with E-state index in [0.717, 1.165) is 24.7 Å². The van der Waals surface area contributed by atoms with Crippen LogP contribution in [0.5, 0.6) is 0 Å². The highest BCUT2D eigenvalue weighted by Crippen LogP contribution is 2.32. The Labute approximate surface area is 95.0 Å². The molecule has 1 fully saturated rings. The molecule has 82 valence electrons. The van der Waals surface area contributed by atoms with Crippen LogP contribution in [0, 0.1) is 11.3 Å². The second-order valence-corrected chi connectivity index (χ2v) is 5.82. The number of hydrogen-bond acceptors (Lipinski definition) is 1. The van der Waals surface area contributed by atoms with Gasteiger partial charge in [-0.15, -0.1) is 0 Å². The van der Waals surface area contributed by atoms with Crippen LogP contribution in [0.4, 0.5) is 0 Å². The molecule has 0 spiro atoms. The Kier molecular flexibility index (Phi) is 4.42. The van der Waals surface area contributed by atoms with Gasteiger partial charge in [0, 0.05) is 18.3 Å². The molecule has 2 nitrogen and oxygen atoms in total. The Balaban J connectivity index is 2.13. The van der Waals surface area contributed by atoms with E-state index in [-0.39, 0.29) is 11.3 Å². The Hall–Kier alpha value is -0.0500. The molecule has 0 aromatic carbocycles. The summed E-state index contributed by atoms with van der Waals surface area (Å²) in [6.07, 6.45) is 4.33. The quantitative estimate of drug-likeness (QED) is 0.733. The van der Waals surface area contributed by atoms with Crippen molar-refractivity contribution in [2.24, 2.45) is 11.3 Å². The van der Waals surface area contributed by atoms with Gasteiger partial charge in [0.2, 0.25) is 5.91 Å². The highest BCUT2D eigenvalue weighted by atomic mass is 79.9. The number of nitrogens with one attached hydrogen (secondary N) is 1. The molecule has 0 aliphatic heterocycles. The maximum absolute atomic E-state index is 11.4. The first-order chi connectivity index (χ1) is 6.53. The standard InChI is InChI=1S/C11H20BrNO/c1-11(2,5-6-12)8-13-10(14)7-9-3-4-9/h9H,3-8H2,1-2H3,(H,13,14). The summed E-state index contributed by atoms with van der Waals surface area (Å²) in [6, 6.07) is 0. The van der Waals surface area contributed by atoms with Crippen molar-refractivity contribution in [3.63, 3.8) is 0 Å². The van der Waals surface area contributed by atoms with Gasteiger partial charge in [0.25, 0.3) is 0 Å². The van der Waals surface area contributed by atoms with Gasteiger partial charge >= 0.3 is 0 Å². The third kappa shape index (κ3) is 4.99. The summed E-state index contributed by atoms with van der Waals surface area (Å²) in [5, 5.41) is 4.02. The van der Waals surface area contributed by atoms with Gasteiger partial charge in [-0.3, -0.25) is 4.79 Å². The van der Waals surface area contributed by atoms with Crippen LogP contribution in [-0.4, -0.2) is 17.8 Å². The van der Waals surface area contributed by atoms with E-state index in [9.17, 15) is 4.79 Å². The van der Waals surface area contributed by atoms with Crippen LogP contribution in [0.1, 0.15) is 39.5 Å². The molecule has 0 radical (unpaired) electrons. The molecule has 0 aromatic rings. The summed E-state index contributed by atoms with van der Waals surface area (Å²) >= 11 is 3.43. The highest BCUT2D eigenvalue weighted by Gasteiger charge is 2.25. The third-order valence-corrected chi connectivity index (χ3v) is 3.10. The minimum atomic E-state index is 0.211. The largest absolute Gasteiger partial charge is 0.356 e. The molecule has 1 saturated carbocycles. The number of hydrogen-bond donors (Lipinski definition) is 1. The molecule has 1 rings (SSSR count). The molecule has 3 heteroatoms. The molecule has 1 aliphatic rings. The van der Waals surface area contributed by atoms with E-state index in [1.807, 2.05) is 0 Å². The summed E-state index contributed by atoms with van der Waals surface area (Å²) in [7, 11) is 0. The molecule has 0 aromatic heterocycles. The monoisotopic (exact) mass is 261 g/mol. The summed E-state index contributed by atoms with van der Waals surface area (Å²) in [5.74, 6) is 0.921. The molecule has 1 N–H and O–H groups in total. The first-order valence-electron chi connectivity index (χ1n) is 5.36. The molecular formula is C11H20BrNO. The highest BCUT2D eigenvalue weighted by molar-refractivity contribution is 9.09. The number of carbonyl (C=O) groups is 1. The van der Waals surface area contributed by atoms with E-state index in [2.05, 4.69) is 35.1 Å². The number of rotatable bonds is 6. The van der Waals surface area contributed by atoms with Crippen molar-refractivity contribution in [2.75, 3.05) is 11.9 Å². The predicted molar refractivity (Wildman–Crippen MR) is 62.5 cm³/mol. The van der Waals surface area contributed by atoms with Crippen molar-refractivity contribution in [1.29, 1.82) is 0 Å². The molecule has 0 saturated heterocycles. The zero-order valence-electron chi connectivity index (χ0n) is 9.11. The smallest absolute Gasteiger partial charge is 0.220 e. The average Bonchev–Trinajstić information content (AvgIpc) is 2.85. The Morgan fingerprint density at radius 2 is 2.14 bits per heavy atom. The predicted octanol–water partition coefficient (Wildman–Crippen LogP) is 2.71. The van der Waals surface area contributed by atoms with Gasteiger partial charge in [-0.25, -0.2) is 0 Å². The lowest BCUT2D eigenvalue weighted by molar-refractivity contribution is -0.121. The van der Waals surface area contributed by atoms with Crippen LogP contribution in [0.3, 0.4) is 0 Å². The van der Waals surface area contributed by atoms with Crippen molar-refractivity contribution in [2.45, 2.75) is 39.5 Å². The van der Waals surface area contributed by atoms with Gasteiger partial charge in [0.15, 0.2) is 0 Å². The van der Waals surface area contributed by atoms with Crippen molar-refractivity contribution >= 4 is 21.8 Å². The van der Waals surface area contributed by atoms with E-state index in [4.69, 9.17) is 0 Å². The third-order valence-electron chi connectivity index (χ3n) is 2.71. The van der Waals surface area contributed by atoms with E-state index >= 15 is 0 Å². The van der Waals surface area contributed by atoms with Crippen molar-refractivity contribution in [3.8, 4) is 0 Å². The lowest BCUT2D eigenvalue weighted by Gasteiger charge is -2.23. The minimum absolute atomic E-state index is 0.211. The minimum Gasteiger partial charge on any atom is -0.356 e. The van der Waals surface area contributed by atoms with Crippen LogP contribution < -0.4 is 5.32 Å². The van der Waals surface area contributed by atoms with Crippen LogP contribution in [-0.2, 0) is 4.79 Å². The van der Waals surface area contributed by atoms with Gasteiger partial charge in [-0.05, 0) is 30.6 Å². The van der Waals surface area contributed by atoms with Gasteiger partial charge < -0.3 is 5.32 Å². The lowest BCUT2D eigenvalue weighted by Crippen LogP contribution is -2.34. The number of alkyl halides is 1. The zero-order chi connectivity index (χ0) is 10.6. The van der Waals surface area contributed by atoms with E-state index in [1.165, 1.54) is 12.8 Å². The lowest BCUT2D eigenvalue weighted by atomic mass is 9.90. The SMILES string of the molecule is CC(C)(CCBr)CNC(=O)CC1CC1. The Morgan fingerprint density at radius 1 is 1.50 bits per heavy atom. The number of amides is 1. The molecular weight excluding hydrogens is 242 g/mol. The molecule has 1 amide bonds. The fraction of sp³-hybridized carbons (Fsp3) is 0.909. The maximum Gasteiger partial charge on any atom is 0.220 e. The molecule has 14 heavy (non-hydrogen) atoms. The number of carbonyl (C=O) groups excluding carboxylic acids is 1. The normalized spacial score (nSPS) is 16.8. The van der Waals surface area contributed by atoms with Crippen molar-refractivity contribution < 1.29 is 4.79 Å². The summed E-state index contributed by atoms with van der Waals surface area (Å²) in [5.41, 5.74) is 0.211. The van der Waals surface area contributed by atoms with Crippen LogP contribution >= 0.6 is 15.9 Å². The second-order valence-electron chi connectivity index (χ2n) is 5.03. The van der Waals surface area contributed by atoms with E-state index in [0.29, 0.717) is 5.92 Å². The van der Waals surface area contributed by atoms with Gasteiger partial charge in [0.1, 0.15) is 0 Å². The Morgan fingerprint density at radius 3 is 2.64 bits per heavy atom. The topological polar surface area (TPSA) is 29.1 Å². The summed E-state index contributed by atoms with van der Waals surface area (Å²) in [4.78, 5) is 11.4. The average molecular weight is 262 g/mol. The molecule has 0 bridgehead atoms. The molecule has 0 unspecified atom stereocenters. The van der Waals surface area contributed by atoms with Crippen LogP contribution in [0.2, 0.25) is 0 Å². The van der Waals surface area contributed by atoms with E-state index < -0.39 is 0 Å². The van der Waals surface area contributed by atoms with Crippen molar-refractivity contribution in [3.05, 3.63) is 0 Å². The van der Waals surface area contributed by atoms with Crippen LogP contribution in [0.15, 0.2) is 0 Å². The van der Waals surface area contributed by atoms with Gasteiger partial charge in [-0.1, -0.05) is 29.8 Å². The molecule has 0 atom stereocenters. The van der Waals surface area contributed by atoms with E-state index in [1.54, 1.807) is 0 Å². The Bertz CT molecular complexity index is 199. The zero-order valence-corrected chi connectivity index (χ0v) is 10.7.